The van der Waals surface area contributed by atoms with Crippen molar-refractivity contribution in [2.24, 2.45) is 0 Å². The number of nitrogens with zero attached hydrogens (tertiary/aromatic N) is 3. The quantitative estimate of drug-likeness (QED) is 0.767. The van der Waals surface area contributed by atoms with E-state index in [1.807, 2.05) is 44.2 Å². The molecule has 2 N–H and O–H groups in total. The van der Waals surface area contributed by atoms with Crippen LogP contribution >= 0.6 is 11.3 Å². The van der Waals surface area contributed by atoms with Gasteiger partial charge in [0, 0.05) is 6.54 Å². The number of thiazole rings is 1. The van der Waals surface area contributed by atoms with Gasteiger partial charge in [-0.1, -0.05) is 35.4 Å². The van der Waals surface area contributed by atoms with E-state index in [0.717, 1.165) is 21.1 Å². The second kappa shape index (κ2) is 6.57. The molecule has 0 bridgehead atoms. The summed E-state index contributed by atoms with van der Waals surface area (Å²) in [5.74, 6) is 0.353. The number of benzene rings is 1. The highest BCUT2D eigenvalue weighted by atomic mass is 32.1. The van der Waals surface area contributed by atoms with E-state index in [1.54, 1.807) is 0 Å². The molecule has 7 nitrogen and oxygen atoms in total. The van der Waals surface area contributed by atoms with Gasteiger partial charge < -0.3 is 9.73 Å². The number of aromatic nitrogens is 3. The number of nitrogens with one attached hydrogen (secondary N) is 2. The molecule has 0 atom stereocenters. The van der Waals surface area contributed by atoms with Gasteiger partial charge in [-0.25, -0.2) is 9.78 Å². The van der Waals surface area contributed by atoms with Crippen molar-refractivity contribution in [2.75, 3.05) is 5.32 Å². The highest BCUT2D eigenvalue weighted by Gasteiger charge is 2.16. The van der Waals surface area contributed by atoms with Crippen LogP contribution in [0.4, 0.5) is 10.8 Å². The maximum atomic E-state index is 11.8. The average molecular weight is 329 g/mol. The Bertz CT molecular complexity index is 812. The molecule has 2 amide bonds. The highest BCUT2D eigenvalue weighted by Crippen LogP contribution is 2.29. The van der Waals surface area contributed by atoms with Gasteiger partial charge in [-0.2, -0.15) is 0 Å². The maximum Gasteiger partial charge on any atom is 0.324 e. The van der Waals surface area contributed by atoms with Crippen molar-refractivity contribution in [3.63, 3.8) is 0 Å². The van der Waals surface area contributed by atoms with Crippen LogP contribution in [-0.2, 0) is 6.54 Å². The number of rotatable bonds is 4. The Morgan fingerprint density at radius 1 is 1.22 bits per heavy atom. The van der Waals surface area contributed by atoms with Gasteiger partial charge in [-0.05, 0) is 19.4 Å². The molecule has 0 aliphatic rings. The Labute approximate surface area is 136 Å². The summed E-state index contributed by atoms with van der Waals surface area (Å²) in [5, 5.41) is 13.9. The van der Waals surface area contributed by atoms with Crippen molar-refractivity contribution in [1.82, 2.24) is 20.5 Å². The van der Waals surface area contributed by atoms with Gasteiger partial charge in [0.1, 0.15) is 4.88 Å². The van der Waals surface area contributed by atoms with E-state index >= 15 is 0 Å². The molecule has 3 rings (SSSR count). The average Bonchev–Trinajstić information content (AvgIpc) is 3.12. The molecule has 0 radical (unpaired) electrons. The van der Waals surface area contributed by atoms with Crippen LogP contribution < -0.4 is 10.6 Å². The first-order valence-electron chi connectivity index (χ1n) is 6.98. The molecule has 0 saturated carbocycles. The molecule has 2 aromatic heterocycles. The van der Waals surface area contributed by atoms with E-state index in [9.17, 15) is 4.79 Å². The van der Waals surface area contributed by atoms with Gasteiger partial charge in [0.2, 0.25) is 0 Å². The van der Waals surface area contributed by atoms with Gasteiger partial charge in [0.25, 0.3) is 5.89 Å². The molecular formula is C15H15N5O2S. The number of amides is 2. The van der Waals surface area contributed by atoms with Crippen LogP contribution in [0.1, 0.15) is 16.3 Å². The molecule has 23 heavy (non-hydrogen) atoms. The van der Waals surface area contributed by atoms with Crippen LogP contribution in [0.25, 0.3) is 10.8 Å². The summed E-state index contributed by atoms with van der Waals surface area (Å²) in [5.41, 5.74) is 1.83. The predicted molar refractivity (Wildman–Crippen MR) is 87.2 cm³/mol. The Balaban J connectivity index is 1.60. The fourth-order valence-corrected chi connectivity index (χ4v) is 2.86. The lowest BCUT2D eigenvalue weighted by atomic mass is 10.2. The third kappa shape index (κ3) is 3.72. The topological polar surface area (TPSA) is 92.9 Å². The molecule has 118 valence electrons. The summed E-state index contributed by atoms with van der Waals surface area (Å²) < 4.78 is 5.46. The zero-order valence-corrected chi connectivity index (χ0v) is 13.5. The summed E-state index contributed by atoms with van der Waals surface area (Å²) >= 11 is 1.47. The number of carbonyl (C=O) groups excluding carboxylic acids is 1. The molecule has 0 spiro atoms. The fraction of sp³-hybridized carbons (Fsp3) is 0.200. The SMILES string of the molecule is Cc1nc(C)c(-c2nnc(NC(=O)NCc3ccccc3)o2)s1. The van der Waals surface area contributed by atoms with Crippen LogP contribution in [-0.4, -0.2) is 21.2 Å². The van der Waals surface area contributed by atoms with Crippen molar-refractivity contribution in [2.45, 2.75) is 20.4 Å². The van der Waals surface area contributed by atoms with Crippen molar-refractivity contribution < 1.29 is 9.21 Å². The minimum absolute atomic E-state index is 0.0519. The van der Waals surface area contributed by atoms with E-state index < -0.39 is 6.03 Å². The largest absolute Gasteiger partial charge is 0.402 e. The van der Waals surface area contributed by atoms with E-state index in [4.69, 9.17) is 4.42 Å². The van der Waals surface area contributed by atoms with E-state index in [1.165, 1.54) is 11.3 Å². The molecular weight excluding hydrogens is 314 g/mol. The zero-order chi connectivity index (χ0) is 16.2. The number of hydrogen-bond donors (Lipinski definition) is 2. The number of aryl methyl sites for hydroxylation is 2. The van der Waals surface area contributed by atoms with Gasteiger partial charge in [-0.3, -0.25) is 5.32 Å². The lowest BCUT2D eigenvalue weighted by Gasteiger charge is -2.04. The van der Waals surface area contributed by atoms with Gasteiger partial charge >= 0.3 is 12.0 Å². The summed E-state index contributed by atoms with van der Waals surface area (Å²) in [4.78, 5) is 17.0. The fourth-order valence-electron chi connectivity index (χ4n) is 2.01. The molecule has 3 aromatic rings. The van der Waals surface area contributed by atoms with E-state index in [0.29, 0.717) is 12.4 Å². The van der Waals surface area contributed by atoms with Gasteiger partial charge in [0.15, 0.2) is 0 Å². The van der Waals surface area contributed by atoms with Crippen LogP contribution in [0.15, 0.2) is 34.7 Å². The Hall–Kier alpha value is -2.74. The van der Waals surface area contributed by atoms with Crippen molar-refractivity contribution in [3.05, 3.63) is 46.6 Å². The second-order valence-electron chi connectivity index (χ2n) is 4.85. The Morgan fingerprint density at radius 2 is 2.00 bits per heavy atom. The lowest BCUT2D eigenvalue weighted by Crippen LogP contribution is -2.28. The smallest absolute Gasteiger partial charge is 0.324 e. The van der Waals surface area contributed by atoms with Crippen molar-refractivity contribution in [1.29, 1.82) is 0 Å². The van der Waals surface area contributed by atoms with Crippen LogP contribution in [0, 0.1) is 13.8 Å². The third-order valence-corrected chi connectivity index (χ3v) is 4.10. The number of carbonyl (C=O) groups is 1. The minimum Gasteiger partial charge on any atom is -0.402 e. The summed E-state index contributed by atoms with van der Waals surface area (Å²) in [6, 6.07) is 9.27. The van der Waals surface area contributed by atoms with Crippen molar-refractivity contribution in [3.8, 4) is 10.8 Å². The molecule has 1 aromatic carbocycles. The maximum absolute atomic E-state index is 11.8. The number of urea groups is 1. The minimum atomic E-state index is -0.402. The summed E-state index contributed by atoms with van der Waals surface area (Å²) in [7, 11) is 0. The first-order valence-corrected chi connectivity index (χ1v) is 7.80. The highest BCUT2D eigenvalue weighted by molar-refractivity contribution is 7.15. The number of hydrogen-bond acceptors (Lipinski definition) is 6. The molecule has 0 fully saturated rings. The molecule has 0 aliphatic heterocycles. The Morgan fingerprint density at radius 3 is 2.70 bits per heavy atom. The normalized spacial score (nSPS) is 10.5. The number of anilines is 1. The summed E-state index contributed by atoms with van der Waals surface area (Å²) in [6.45, 7) is 4.21. The molecule has 0 unspecified atom stereocenters. The second-order valence-corrected chi connectivity index (χ2v) is 6.06. The first kappa shape index (κ1) is 15.2. The lowest BCUT2D eigenvalue weighted by molar-refractivity contribution is 0.251. The predicted octanol–water partition coefficient (Wildman–Crippen LogP) is 3.13. The molecule has 2 heterocycles. The molecule has 0 aliphatic carbocycles. The monoisotopic (exact) mass is 329 g/mol. The third-order valence-electron chi connectivity index (χ3n) is 3.04. The Kier molecular flexibility index (Phi) is 4.33. The summed E-state index contributed by atoms with van der Waals surface area (Å²) in [6.07, 6.45) is 0. The molecule has 8 heteroatoms. The van der Waals surface area contributed by atoms with Crippen LogP contribution in [0.5, 0.6) is 0 Å². The van der Waals surface area contributed by atoms with Crippen molar-refractivity contribution >= 4 is 23.4 Å². The molecule has 0 saturated heterocycles. The van der Waals surface area contributed by atoms with Gasteiger partial charge in [0.05, 0.1) is 10.7 Å². The standard InChI is InChI=1S/C15H15N5O2S/c1-9-12(23-10(2)17-9)13-19-20-15(22-13)18-14(21)16-8-11-6-4-3-5-7-11/h3-7H,8H2,1-2H3,(H2,16,18,20,21). The van der Waals surface area contributed by atoms with E-state index in [-0.39, 0.29) is 6.01 Å². The first-order chi connectivity index (χ1) is 11.1. The van der Waals surface area contributed by atoms with Crippen LogP contribution in [0.3, 0.4) is 0 Å². The zero-order valence-electron chi connectivity index (χ0n) is 12.7. The van der Waals surface area contributed by atoms with Gasteiger partial charge in [-0.15, -0.1) is 16.4 Å². The van der Waals surface area contributed by atoms with Crippen LogP contribution in [0.2, 0.25) is 0 Å². The van der Waals surface area contributed by atoms with E-state index in [2.05, 4.69) is 25.8 Å².